The average molecular weight is 292 g/mol. The molecule has 0 aromatic carbocycles. The number of rotatable bonds is 9. The molecule has 1 N–H and O–H groups in total. The van der Waals surface area contributed by atoms with Gasteiger partial charge in [0, 0.05) is 36.6 Å². The lowest BCUT2D eigenvalue weighted by atomic mass is 9.86. The van der Waals surface area contributed by atoms with Gasteiger partial charge >= 0.3 is 0 Å². The first-order chi connectivity index (χ1) is 9.68. The van der Waals surface area contributed by atoms with E-state index in [9.17, 15) is 0 Å². The molecule has 0 spiro atoms. The van der Waals surface area contributed by atoms with Crippen molar-refractivity contribution < 1.29 is 0 Å². The van der Waals surface area contributed by atoms with Gasteiger partial charge in [-0.1, -0.05) is 19.9 Å². The second kappa shape index (κ2) is 6.17. The molecule has 2 saturated carbocycles. The predicted octanol–water partition coefficient (Wildman–Crippen LogP) is 3.88. The van der Waals surface area contributed by atoms with Crippen molar-refractivity contribution in [2.45, 2.75) is 64.6 Å². The summed E-state index contributed by atoms with van der Waals surface area (Å²) in [5.41, 5.74) is 0.419. The molecule has 0 bridgehead atoms. The molecule has 2 nitrogen and oxygen atoms in total. The lowest BCUT2D eigenvalue weighted by molar-refractivity contribution is 0.142. The van der Waals surface area contributed by atoms with Gasteiger partial charge in [-0.05, 0) is 49.0 Å². The molecule has 0 aliphatic heterocycles. The van der Waals surface area contributed by atoms with E-state index in [0.29, 0.717) is 5.41 Å². The fourth-order valence-electron chi connectivity index (χ4n) is 2.82. The third kappa shape index (κ3) is 4.06. The van der Waals surface area contributed by atoms with Crippen LogP contribution in [0.2, 0.25) is 0 Å². The van der Waals surface area contributed by atoms with Crippen LogP contribution in [-0.2, 0) is 6.54 Å². The molecule has 1 aromatic heterocycles. The Balaban J connectivity index is 1.58. The summed E-state index contributed by atoms with van der Waals surface area (Å²) in [5, 5.41) is 5.95. The van der Waals surface area contributed by atoms with Gasteiger partial charge in [-0.15, -0.1) is 11.3 Å². The lowest BCUT2D eigenvalue weighted by Crippen LogP contribution is -2.43. The van der Waals surface area contributed by atoms with E-state index in [1.165, 1.54) is 50.1 Å². The van der Waals surface area contributed by atoms with E-state index in [1.807, 2.05) is 11.3 Å². The SMILES string of the molecule is CCC(C)(CNC1CC1)CN(Cc1cccs1)C1CC1. The van der Waals surface area contributed by atoms with Crippen LogP contribution in [0.15, 0.2) is 17.5 Å². The van der Waals surface area contributed by atoms with Crippen LogP contribution in [0.1, 0.15) is 50.8 Å². The van der Waals surface area contributed by atoms with Crippen LogP contribution in [0.4, 0.5) is 0 Å². The second-order valence-corrected chi connectivity index (χ2v) is 8.07. The molecule has 1 atom stereocenters. The van der Waals surface area contributed by atoms with E-state index in [-0.39, 0.29) is 0 Å². The number of hydrogen-bond donors (Lipinski definition) is 1. The summed E-state index contributed by atoms with van der Waals surface area (Å²) < 4.78 is 0. The molecule has 0 saturated heterocycles. The topological polar surface area (TPSA) is 15.3 Å². The van der Waals surface area contributed by atoms with Crippen LogP contribution in [-0.4, -0.2) is 30.1 Å². The Morgan fingerprint density at radius 1 is 1.35 bits per heavy atom. The molecular weight excluding hydrogens is 264 g/mol. The molecule has 1 unspecified atom stereocenters. The van der Waals surface area contributed by atoms with Crippen molar-refractivity contribution in [2.75, 3.05) is 13.1 Å². The highest BCUT2D eigenvalue weighted by Gasteiger charge is 2.35. The second-order valence-electron chi connectivity index (χ2n) is 7.03. The van der Waals surface area contributed by atoms with Gasteiger partial charge in [0.1, 0.15) is 0 Å². The normalized spacial score (nSPS) is 22.1. The van der Waals surface area contributed by atoms with Crippen molar-refractivity contribution in [2.24, 2.45) is 5.41 Å². The summed E-state index contributed by atoms with van der Waals surface area (Å²) in [6.45, 7) is 8.39. The van der Waals surface area contributed by atoms with Crippen LogP contribution in [0, 0.1) is 5.41 Å². The lowest BCUT2D eigenvalue weighted by Gasteiger charge is -2.35. The first-order valence-electron chi connectivity index (χ1n) is 8.18. The largest absolute Gasteiger partial charge is 0.313 e. The highest BCUT2D eigenvalue weighted by Crippen LogP contribution is 2.34. The van der Waals surface area contributed by atoms with Gasteiger partial charge in [-0.2, -0.15) is 0 Å². The molecule has 2 aliphatic rings. The molecule has 1 heterocycles. The summed E-state index contributed by atoms with van der Waals surface area (Å²) in [6, 6.07) is 6.14. The summed E-state index contributed by atoms with van der Waals surface area (Å²) in [5.74, 6) is 0. The molecule has 112 valence electrons. The van der Waals surface area contributed by atoms with Crippen LogP contribution in [0.25, 0.3) is 0 Å². The van der Waals surface area contributed by atoms with Crippen molar-refractivity contribution in [3.63, 3.8) is 0 Å². The van der Waals surface area contributed by atoms with Gasteiger partial charge in [0.25, 0.3) is 0 Å². The molecule has 2 aliphatic carbocycles. The van der Waals surface area contributed by atoms with Gasteiger partial charge in [-0.25, -0.2) is 0 Å². The Labute approximate surface area is 127 Å². The van der Waals surface area contributed by atoms with Crippen LogP contribution in [0.5, 0.6) is 0 Å². The number of nitrogens with one attached hydrogen (secondary N) is 1. The van der Waals surface area contributed by atoms with E-state index in [1.54, 1.807) is 0 Å². The first-order valence-corrected chi connectivity index (χ1v) is 9.06. The standard InChI is InChI=1S/C17H28N2S/c1-3-17(2,12-18-14-6-7-14)13-19(15-8-9-15)11-16-5-4-10-20-16/h4-5,10,14-15,18H,3,6-9,11-13H2,1-2H3. The van der Waals surface area contributed by atoms with Gasteiger partial charge in [0.05, 0.1) is 0 Å². The number of nitrogens with zero attached hydrogens (tertiary/aromatic N) is 1. The summed E-state index contributed by atoms with van der Waals surface area (Å²) in [7, 11) is 0. The molecule has 2 fully saturated rings. The van der Waals surface area contributed by atoms with Crippen molar-refractivity contribution in [3.05, 3.63) is 22.4 Å². The Bertz CT molecular complexity index is 409. The molecule has 0 radical (unpaired) electrons. The van der Waals surface area contributed by atoms with Crippen LogP contribution in [0.3, 0.4) is 0 Å². The van der Waals surface area contributed by atoms with Gasteiger partial charge in [-0.3, -0.25) is 4.90 Å². The maximum Gasteiger partial charge on any atom is 0.0331 e. The minimum Gasteiger partial charge on any atom is -0.313 e. The summed E-state index contributed by atoms with van der Waals surface area (Å²) in [4.78, 5) is 4.26. The monoisotopic (exact) mass is 292 g/mol. The number of thiophene rings is 1. The van der Waals surface area contributed by atoms with Crippen molar-refractivity contribution >= 4 is 11.3 Å². The maximum absolute atomic E-state index is 3.75. The van der Waals surface area contributed by atoms with E-state index >= 15 is 0 Å². The van der Waals surface area contributed by atoms with E-state index < -0.39 is 0 Å². The highest BCUT2D eigenvalue weighted by molar-refractivity contribution is 7.09. The van der Waals surface area contributed by atoms with Gasteiger partial charge in [0.15, 0.2) is 0 Å². The zero-order valence-electron chi connectivity index (χ0n) is 12.9. The first kappa shape index (κ1) is 14.6. The Kier molecular flexibility index (Phi) is 4.49. The zero-order valence-corrected chi connectivity index (χ0v) is 13.7. The average Bonchev–Trinajstić information content (AvgIpc) is 3.36. The fourth-order valence-corrected chi connectivity index (χ4v) is 3.55. The Morgan fingerprint density at radius 2 is 2.15 bits per heavy atom. The van der Waals surface area contributed by atoms with E-state index in [0.717, 1.165) is 18.6 Å². The third-order valence-corrected chi connectivity index (χ3v) is 5.70. The third-order valence-electron chi connectivity index (χ3n) is 4.84. The Hall–Kier alpha value is -0.380. The van der Waals surface area contributed by atoms with Crippen LogP contribution >= 0.6 is 11.3 Å². The highest BCUT2D eigenvalue weighted by atomic mass is 32.1. The quantitative estimate of drug-likeness (QED) is 0.743. The molecule has 20 heavy (non-hydrogen) atoms. The molecule has 3 heteroatoms. The van der Waals surface area contributed by atoms with Crippen molar-refractivity contribution in [1.29, 1.82) is 0 Å². The van der Waals surface area contributed by atoms with Crippen LogP contribution < -0.4 is 5.32 Å². The number of hydrogen-bond acceptors (Lipinski definition) is 3. The van der Waals surface area contributed by atoms with Crippen molar-refractivity contribution in [1.82, 2.24) is 10.2 Å². The van der Waals surface area contributed by atoms with Crippen molar-refractivity contribution in [3.8, 4) is 0 Å². The summed E-state index contributed by atoms with van der Waals surface area (Å²) >= 11 is 1.90. The van der Waals surface area contributed by atoms with Gasteiger partial charge in [0.2, 0.25) is 0 Å². The molecular formula is C17H28N2S. The Morgan fingerprint density at radius 3 is 2.70 bits per heavy atom. The maximum atomic E-state index is 3.75. The predicted molar refractivity (Wildman–Crippen MR) is 87.2 cm³/mol. The summed E-state index contributed by atoms with van der Waals surface area (Å²) in [6.07, 6.45) is 6.85. The molecule has 0 amide bonds. The van der Waals surface area contributed by atoms with E-state index in [2.05, 4.69) is 41.6 Å². The molecule has 3 rings (SSSR count). The molecule has 1 aromatic rings. The minimum absolute atomic E-state index is 0.419. The minimum atomic E-state index is 0.419. The zero-order chi connectivity index (χ0) is 14.0. The van der Waals surface area contributed by atoms with E-state index in [4.69, 9.17) is 0 Å². The smallest absolute Gasteiger partial charge is 0.0331 e. The fraction of sp³-hybridized carbons (Fsp3) is 0.765. The van der Waals surface area contributed by atoms with Gasteiger partial charge < -0.3 is 5.32 Å².